The van der Waals surface area contributed by atoms with Crippen molar-refractivity contribution in [3.63, 3.8) is 0 Å². The Bertz CT molecular complexity index is 1360. The summed E-state index contributed by atoms with van der Waals surface area (Å²) in [4.78, 5) is 36.4. The molecule has 0 saturated carbocycles. The molecular weight excluding hydrogens is 461 g/mol. The van der Waals surface area contributed by atoms with Crippen LogP contribution in [0.4, 0.5) is 13.2 Å². The van der Waals surface area contributed by atoms with E-state index in [1.165, 1.54) is 6.07 Å². The van der Waals surface area contributed by atoms with Crippen LogP contribution < -0.4 is 16.6 Å². The lowest BCUT2D eigenvalue weighted by molar-refractivity contribution is -0.137. The molecule has 2 heterocycles. The number of nitrogens with zero attached hydrogens (tertiary/aromatic N) is 3. The summed E-state index contributed by atoms with van der Waals surface area (Å²) in [7, 11) is 3.56. The van der Waals surface area contributed by atoms with Crippen LogP contribution in [0.5, 0.6) is 0 Å². The van der Waals surface area contributed by atoms with Crippen LogP contribution in [0.25, 0.3) is 22.4 Å². The molecule has 1 amide bonds. The van der Waals surface area contributed by atoms with Gasteiger partial charge in [-0.3, -0.25) is 9.59 Å². The quantitative estimate of drug-likeness (QED) is 0.523. The summed E-state index contributed by atoms with van der Waals surface area (Å²) in [5.41, 5.74) is 6.18. The van der Waals surface area contributed by atoms with E-state index in [4.69, 9.17) is 5.73 Å². The molecule has 1 aliphatic heterocycles. The van der Waals surface area contributed by atoms with E-state index in [-0.39, 0.29) is 34.0 Å². The highest BCUT2D eigenvalue weighted by atomic mass is 19.4. The largest absolute Gasteiger partial charge is 0.416 e. The molecule has 1 fully saturated rings. The van der Waals surface area contributed by atoms with Crippen LogP contribution in [0.1, 0.15) is 27.2 Å². The minimum absolute atomic E-state index is 0.0395. The molecule has 8 nitrogen and oxygen atoms in total. The van der Waals surface area contributed by atoms with Gasteiger partial charge in [0.2, 0.25) is 0 Å². The average Bonchev–Trinajstić information content (AvgIpc) is 2.84. The number of likely N-dealkylation sites (N-methyl/N-ethyl adjacent to an activating group) is 1. The highest BCUT2D eigenvalue weighted by molar-refractivity contribution is 5.96. The van der Waals surface area contributed by atoms with Crippen molar-refractivity contribution >= 4 is 28.3 Å². The summed E-state index contributed by atoms with van der Waals surface area (Å²) in [5.74, 6) is -0.110. The number of hydrogen-bond acceptors (Lipinski definition) is 6. The van der Waals surface area contributed by atoms with Crippen LogP contribution in [-0.2, 0) is 6.18 Å². The van der Waals surface area contributed by atoms with Gasteiger partial charge in [0.05, 0.1) is 28.0 Å². The van der Waals surface area contributed by atoms with Crippen molar-refractivity contribution in [2.45, 2.75) is 6.18 Å². The molecule has 2 aromatic carbocycles. The average molecular weight is 486 g/mol. The zero-order valence-electron chi connectivity index (χ0n) is 19.2. The molecule has 35 heavy (non-hydrogen) atoms. The van der Waals surface area contributed by atoms with Crippen LogP contribution in [0.2, 0.25) is 0 Å². The van der Waals surface area contributed by atoms with E-state index in [0.717, 1.165) is 25.2 Å². The van der Waals surface area contributed by atoms with Crippen LogP contribution in [-0.4, -0.2) is 65.9 Å². The number of halogens is 3. The van der Waals surface area contributed by atoms with E-state index in [2.05, 4.69) is 20.2 Å². The molecule has 0 unspecified atom stereocenters. The van der Waals surface area contributed by atoms with Crippen LogP contribution in [0, 0.1) is 0 Å². The fraction of sp³-hybridized carbons (Fsp3) is 0.292. The van der Waals surface area contributed by atoms with Gasteiger partial charge in [0.25, 0.3) is 11.5 Å². The maximum absolute atomic E-state index is 13.0. The lowest BCUT2D eigenvalue weighted by Crippen LogP contribution is -2.47. The molecule has 1 aliphatic rings. The number of nitrogens with one attached hydrogen (secondary N) is 2. The van der Waals surface area contributed by atoms with Crippen molar-refractivity contribution in [3.8, 4) is 0 Å². The van der Waals surface area contributed by atoms with Crippen molar-refractivity contribution in [2.24, 2.45) is 5.73 Å². The maximum Gasteiger partial charge on any atom is 0.416 e. The first kappa shape index (κ1) is 24.3. The Kier molecular flexibility index (Phi) is 6.53. The molecule has 0 radical (unpaired) electrons. The molecule has 0 spiro atoms. The van der Waals surface area contributed by atoms with E-state index < -0.39 is 17.3 Å². The number of alkyl halides is 3. The highest BCUT2D eigenvalue weighted by Crippen LogP contribution is 2.30. The first-order valence-corrected chi connectivity index (χ1v) is 11.0. The van der Waals surface area contributed by atoms with Gasteiger partial charge in [0, 0.05) is 44.4 Å². The molecule has 11 heteroatoms. The minimum atomic E-state index is -4.54. The monoisotopic (exact) mass is 486 g/mol. The number of fused-ring (bicyclic) bond motifs is 1. The fourth-order valence-corrected chi connectivity index (χ4v) is 3.97. The zero-order valence-corrected chi connectivity index (χ0v) is 19.2. The summed E-state index contributed by atoms with van der Waals surface area (Å²) in [6, 6.07) is 9.70. The molecule has 0 aliphatic carbocycles. The topological polar surface area (TPSA) is 107 Å². The standard InChI is InChI=1S/C24H25F3N6O2/c1-29-20(21-22(34)31-18-13-16(24(25,26)27)6-7-17(18)30-21)19(28)14-4-3-5-15(12-14)23(35)33-10-8-32(2)9-11-33/h3-7,12-13,29H,8-11,28H2,1-2H3,(H,31,34)/b20-19+. The van der Waals surface area contributed by atoms with Crippen molar-refractivity contribution in [1.82, 2.24) is 25.1 Å². The second-order valence-electron chi connectivity index (χ2n) is 8.36. The summed E-state index contributed by atoms with van der Waals surface area (Å²) >= 11 is 0. The lowest BCUT2D eigenvalue weighted by atomic mass is 10.0. The summed E-state index contributed by atoms with van der Waals surface area (Å²) < 4.78 is 39.1. The smallest absolute Gasteiger partial charge is 0.396 e. The van der Waals surface area contributed by atoms with Crippen molar-refractivity contribution in [1.29, 1.82) is 0 Å². The Hall–Kier alpha value is -3.86. The lowest BCUT2D eigenvalue weighted by Gasteiger charge is -2.32. The van der Waals surface area contributed by atoms with Gasteiger partial charge in [0.15, 0.2) is 5.69 Å². The number of benzene rings is 2. The molecule has 184 valence electrons. The number of aromatic amines is 1. The van der Waals surface area contributed by atoms with Crippen molar-refractivity contribution in [2.75, 3.05) is 40.3 Å². The molecule has 0 bridgehead atoms. The van der Waals surface area contributed by atoms with E-state index in [9.17, 15) is 22.8 Å². The van der Waals surface area contributed by atoms with Gasteiger partial charge in [-0.25, -0.2) is 4.98 Å². The maximum atomic E-state index is 13.0. The molecule has 0 atom stereocenters. The number of carbonyl (C=O) groups excluding carboxylic acids is 1. The molecule has 1 saturated heterocycles. The van der Waals surface area contributed by atoms with Gasteiger partial charge in [-0.2, -0.15) is 13.2 Å². The number of carbonyl (C=O) groups is 1. The van der Waals surface area contributed by atoms with E-state index >= 15 is 0 Å². The van der Waals surface area contributed by atoms with E-state index in [1.54, 1.807) is 36.2 Å². The van der Waals surface area contributed by atoms with Crippen LogP contribution >= 0.6 is 0 Å². The third kappa shape index (κ3) is 4.99. The second kappa shape index (κ2) is 9.41. The summed E-state index contributed by atoms with van der Waals surface area (Å²) in [6.45, 7) is 2.83. The Morgan fingerprint density at radius 2 is 1.77 bits per heavy atom. The molecule has 3 aromatic rings. The number of H-pyrrole nitrogens is 1. The van der Waals surface area contributed by atoms with Gasteiger partial charge in [-0.15, -0.1) is 0 Å². The summed E-state index contributed by atoms with van der Waals surface area (Å²) in [5, 5.41) is 2.87. The zero-order chi connectivity index (χ0) is 25.3. The molecule has 4 rings (SSSR count). The second-order valence-corrected chi connectivity index (χ2v) is 8.36. The predicted molar refractivity (Wildman–Crippen MR) is 127 cm³/mol. The van der Waals surface area contributed by atoms with Crippen molar-refractivity contribution in [3.05, 3.63) is 75.2 Å². The third-order valence-corrected chi connectivity index (χ3v) is 5.99. The summed E-state index contributed by atoms with van der Waals surface area (Å²) in [6.07, 6.45) is -4.54. The van der Waals surface area contributed by atoms with Gasteiger partial charge in [-0.1, -0.05) is 12.1 Å². The molecule has 1 aromatic heterocycles. The van der Waals surface area contributed by atoms with Crippen LogP contribution in [0.15, 0.2) is 47.3 Å². The first-order valence-electron chi connectivity index (χ1n) is 11.0. The van der Waals surface area contributed by atoms with Crippen LogP contribution in [0.3, 0.4) is 0 Å². The highest BCUT2D eigenvalue weighted by Gasteiger charge is 2.31. The Balaban J connectivity index is 1.71. The Labute approximate surface area is 199 Å². The van der Waals surface area contributed by atoms with E-state index in [0.29, 0.717) is 24.2 Å². The van der Waals surface area contributed by atoms with Gasteiger partial charge in [0.1, 0.15) is 0 Å². The predicted octanol–water partition coefficient (Wildman–Crippen LogP) is 2.33. The number of piperazine rings is 1. The normalized spacial score (nSPS) is 15.7. The number of hydrogen-bond donors (Lipinski definition) is 3. The fourth-order valence-electron chi connectivity index (χ4n) is 3.97. The Morgan fingerprint density at radius 3 is 2.43 bits per heavy atom. The van der Waals surface area contributed by atoms with Gasteiger partial charge < -0.3 is 25.8 Å². The number of aromatic nitrogens is 2. The third-order valence-electron chi connectivity index (χ3n) is 5.99. The van der Waals surface area contributed by atoms with Crippen molar-refractivity contribution < 1.29 is 18.0 Å². The first-order chi connectivity index (χ1) is 16.6. The number of nitrogens with two attached hydrogens (primary N) is 1. The number of rotatable bonds is 4. The van der Waals surface area contributed by atoms with Gasteiger partial charge in [-0.05, 0) is 37.4 Å². The Morgan fingerprint density at radius 1 is 1.09 bits per heavy atom. The number of amides is 1. The minimum Gasteiger partial charge on any atom is -0.396 e. The van der Waals surface area contributed by atoms with E-state index in [1.807, 2.05) is 7.05 Å². The molecular formula is C24H25F3N6O2. The van der Waals surface area contributed by atoms with Gasteiger partial charge >= 0.3 is 6.18 Å². The SMILES string of the molecule is CN/C(=C(/N)c1cccc(C(=O)N2CCN(C)CC2)c1)c1nc2ccc(C(F)(F)F)cc2[nH]c1=O. The molecule has 4 N–H and O–H groups in total.